The molecule has 8 heteroatoms. The van der Waals surface area contributed by atoms with E-state index in [-0.39, 0.29) is 34.5 Å². The zero-order valence-electron chi connectivity index (χ0n) is 12.9. The van der Waals surface area contributed by atoms with E-state index in [1.54, 1.807) is 11.8 Å². The van der Waals surface area contributed by atoms with Crippen molar-refractivity contribution in [1.29, 1.82) is 0 Å². The smallest absolute Gasteiger partial charge is 0.268 e. The van der Waals surface area contributed by atoms with Crippen molar-refractivity contribution in [3.8, 4) is 0 Å². The number of nitrogens with two attached hydrogens (primary N) is 1. The Bertz CT molecular complexity index is 775. The molecule has 0 radical (unpaired) electrons. The minimum atomic E-state index is -3.86. The van der Waals surface area contributed by atoms with Crippen LogP contribution < -0.4 is 5.73 Å². The van der Waals surface area contributed by atoms with E-state index in [2.05, 4.69) is 0 Å². The molecule has 2 amide bonds. The van der Waals surface area contributed by atoms with E-state index in [9.17, 15) is 18.0 Å². The number of likely N-dealkylation sites (tertiary alicyclic amines) is 1. The van der Waals surface area contributed by atoms with E-state index in [0.29, 0.717) is 13.1 Å². The van der Waals surface area contributed by atoms with Gasteiger partial charge in [-0.2, -0.15) is 0 Å². The van der Waals surface area contributed by atoms with E-state index in [1.807, 2.05) is 0 Å². The molecule has 1 aromatic rings. The van der Waals surface area contributed by atoms with Gasteiger partial charge in [0.2, 0.25) is 0 Å². The summed E-state index contributed by atoms with van der Waals surface area (Å²) in [4.78, 5) is 26.3. The molecule has 0 saturated carbocycles. The predicted octanol–water partition coefficient (Wildman–Crippen LogP) is 0.414. The summed E-state index contributed by atoms with van der Waals surface area (Å²) in [6.45, 7) is 2.67. The Labute approximate surface area is 135 Å². The molecule has 1 saturated heterocycles. The molecular formula is C15H19N3O4S. The number of rotatable bonds is 3. The average Bonchev–Trinajstić information content (AvgIpc) is 3.08. The number of hydrogen-bond acceptors (Lipinski definition) is 5. The van der Waals surface area contributed by atoms with Crippen molar-refractivity contribution in [2.24, 2.45) is 5.73 Å². The number of amides is 2. The number of benzene rings is 1. The lowest BCUT2D eigenvalue weighted by molar-refractivity contribution is 0.0740. The third-order valence-electron chi connectivity index (χ3n) is 4.45. The fraction of sp³-hybridized carbons (Fsp3) is 0.467. The summed E-state index contributed by atoms with van der Waals surface area (Å²) >= 11 is 0. The van der Waals surface area contributed by atoms with Crippen LogP contribution in [0.4, 0.5) is 0 Å². The lowest BCUT2D eigenvalue weighted by atomic mass is 10.1. The molecular weight excluding hydrogens is 318 g/mol. The molecule has 2 aliphatic rings. The largest absolute Gasteiger partial charge is 0.334 e. The van der Waals surface area contributed by atoms with Gasteiger partial charge in [-0.1, -0.05) is 0 Å². The normalized spacial score (nSPS) is 22.5. The summed E-state index contributed by atoms with van der Waals surface area (Å²) in [5.74, 6) is -0.777. The summed E-state index contributed by atoms with van der Waals surface area (Å²) in [5.41, 5.74) is 6.09. The van der Waals surface area contributed by atoms with Crippen molar-refractivity contribution in [2.45, 2.75) is 30.7 Å². The van der Waals surface area contributed by atoms with Crippen LogP contribution in [-0.4, -0.2) is 55.1 Å². The van der Waals surface area contributed by atoms with Crippen molar-refractivity contribution >= 4 is 21.8 Å². The first kappa shape index (κ1) is 15.9. The van der Waals surface area contributed by atoms with Crippen LogP contribution in [0.15, 0.2) is 23.1 Å². The highest BCUT2D eigenvalue weighted by atomic mass is 32.2. The van der Waals surface area contributed by atoms with Crippen molar-refractivity contribution in [2.75, 3.05) is 19.6 Å². The second-order valence-corrected chi connectivity index (χ2v) is 7.55. The summed E-state index contributed by atoms with van der Waals surface area (Å²) in [5, 5.41) is 0. The van der Waals surface area contributed by atoms with Crippen LogP contribution in [0.2, 0.25) is 0 Å². The maximum Gasteiger partial charge on any atom is 0.268 e. The Morgan fingerprint density at radius 2 is 2.13 bits per heavy atom. The molecule has 3 rings (SSSR count). The van der Waals surface area contributed by atoms with E-state index >= 15 is 0 Å². The molecule has 2 aliphatic heterocycles. The summed E-state index contributed by atoms with van der Waals surface area (Å²) in [6, 6.07) is 4.23. The predicted molar refractivity (Wildman–Crippen MR) is 83.5 cm³/mol. The lowest BCUT2D eigenvalue weighted by Gasteiger charge is -2.23. The third kappa shape index (κ3) is 2.33. The van der Waals surface area contributed by atoms with Gasteiger partial charge in [0, 0.05) is 31.2 Å². The van der Waals surface area contributed by atoms with Gasteiger partial charge in [0.25, 0.3) is 21.8 Å². The molecule has 1 aromatic carbocycles. The van der Waals surface area contributed by atoms with Gasteiger partial charge in [0.05, 0.1) is 5.56 Å². The molecule has 0 bridgehead atoms. The zero-order valence-corrected chi connectivity index (χ0v) is 13.7. The fourth-order valence-corrected chi connectivity index (χ4v) is 4.84. The number of fused-ring (bicyclic) bond motifs is 1. The monoisotopic (exact) mass is 337 g/mol. The van der Waals surface area contributed by atoms with Crippen LogP contribution in [0.1, 0.15) is 40.5 Å². The van der Waals surface area contributed by atoms with E-state index < -0.39 is 15.9 Å². The van der Waals surface area contributed by atoms with Crippen molar-refractivity contribution in [3.05, 3.63) is 29.3 Å². The quantitative estimate of drug-likeness (QED) is 0.861. The van der Waals surface area contributed by atoms with E-state index in [0.717, 1.165) is 17.1 Å². The number of nitrogens with zero attached hydrogens (tertiary/aromatic N) is 2. The van der Waals surface area contributed by atoms with Gasteiger partial charge in [-0.25, -0.2) is 12.7 Å². The van der Waals surface area contributed by atoms with Crippen LogP contribution in [0, 0.1) is 0 Å². The van der Waals surface area contributed by atoms with Crippen LogP contribution in [-0.2, 0) is 10.0 Å². The van der Waals surface area contributed by atoms with Gasteiger partial charge < -0.3 is 10.6 Å². The van der Waals surface area contributed by atoms with Gasteiger partial charge in [0.1, 0.15) is 4.90 Å². The molecule has 23 heavy (non-hydrogen) atoms. The van der Waals surface area contributed by atoms with Crippen molar-refractivity contribution in [3.63, 3.8) is 0 Å². The average molecular weight is 337 g/mol. The molecule has 7 nitrogen and oxygen atoms in total. The highest BCUT2D eigenvalue weighted by molar-refractivity contribution is 7.90. The van der Waals surface area contributed by atoms with Crippen LogP contribution in [0.25, 0.3) is 0 Å². The molecule has 0 unspecified atom stereocenters. The van der Waals surface area contributed by atoms with Gasteiger partial charge >= 0.3 is 0 Å². The topological polar surface area (TPSA) is 101 Å². The summed E-state index contributed by atoms with van der Waals surface area (Å²) in [7, 11) is -3.86. The minimum Gasteiger partial charge on any atom is -0.334 e. The second kappa shape index (κ2) is 5.61. The Kier molecular flexibility index (Phi) is 3.89. The Morgan fingerprint density at radius 3 is 2.78 bits per heavy atom. The first-order valence-corrected chi connectivity index (χ1v) is 9.08. The molecule has 0 aromatic heterocycles. The number of carbonyl (C=O) groups is 2. The maximum absolute atomic E-state index is 12.6. The molecule has 0 spiro atoms. The van der Waals surface area contributed by atoms with Gasteiger partial charge in [-0.05, 0) is 38.0 Å². The lowest BCUT2D eigenvalue weighted by Crippen LogP contribution is -2.39. The SMILES string of the molecule is CCN1C(=O)c2ccc(C(=O)N3CCC[C@H]3CN)cc2S1(=O)=O. The van der Waals surface area contributed by atoms with E-state index in [1.165, 1.54) is 18.2 Å². The van der Waals surface area contributed by atoms with Crippen molar-refractivity contribution < 1.29 is 18.0 Å². The Morgan fingerprint density at radius 1 is 1.39 bits per heavy atom. The number of carbonyl (C=O) groups excluding carboxylic acids is 2. The van der Waals surface area contributed by atoms with Crippen LogP contribution in [0.5, 0.6) is 0 Å². The zero-order chi connectivity index (χ0) is 16.8. The van der Waals surface area contributed by atoms with Gasteiger partial charge in [-0.3, -0.25) is 9.59 Å². The Balaban J connectivity index is 2.00. The molecule has 1 fully saturated rings. The summed E-state index contributed by atoms with van der Waals surface area (Å²) < 4.78 is 25.6. The molecule has 2 heterocycles. The minimum absolute atomic E-state index is 0.0128. The molecule has 1 atom stereocenters. The summed E-state index contributed by atoms with van der Waals surface area (Å²) in [6.07, 6.45) is 1.74. The maximum atomic E-state index is 12.6. The van der Waals surface area contributed by atoms with Crippen LogP contribution >= 0.6 is 0 Å². The third-order valence-corrected chi connectivity index (χ3v) is 6.35. The Hall–Kier alpha value is -1.93. The fourth-order valence-electron chi connectivity index (χ4n) is 3.24. The van der Waals surface area contributed by atoms with Crippen molar-refractivity contribution in [1.82, 2.24) is 9.21 Å². The first-order valence-electron chi connectivity index (χ1n) is 7.64. The first-order chi connectivity index (χ1) is 10.9. The molecule has 0 aliphatic carbocycles. The second-order valence-electron chi connectivity index (χ2n) is 5.72. The molecule has 124 valence electrons. The molecule has 2 N–H and O–H groups in total. The standard InChI is InChI=1S/C15H19N3O4S/c1-2-18-15(20)12-6-5-10(8-13(12)23(18,21)22)14(19)17-7-3-4-11(17)9-16/h5-6,8,11H,2-4,7,9,16H2,1H3/t11-/m0/s1. The van der Waals surface area contributed by atoms with Gasteiger partial charge in [0.15, 0.2) is 0 Å². The van der Waals surface area contributed by atoms with E-state index in [4.69, 9.17) is 5.73 Å². The van der Waals surface area contributed by atoms with Gasteiger partial charge in [-0.15, -0.1) is 0 Å². The number of hydrogen-bond donors (Lipinski definition) is 1. The number of sulfonamides is 1. The highest BCUT2D eigenvalue weighted by Gasteiger charge is 2.41. The highest BCUT2D eigenvalue weighted by Crippen LogP contribution is 2.31. The van der Waals surface area contributed by atoms with Crippen LogP contribution in [0.3, 0.4) is 0 Å².